The zero-order valence-electron chi connectivity index (χ0n) is 12.4. The van der Waals surface area contributed by atoms with Crippen LogP contribution in [-0.4, -0.2) is 22.8 Å². The van der Waals surface area contributed by atoms with Gasteiger partial charge in [-0.05, 0) is 44.7 Å². The molecule has 2 aromatic rings. The van der Waals surface area contributed by atoms with Crippen molar-refractivity contribution < 1.29 is 4.42 Å². The third-order valence-electron chi connectivity index (χ3n) is 3.71. The smallest absolute Gasteiger partial charge is 0.248 e. The van der Waals surface area contributed by atoms with E-state index >= 15 is 0 Å². The Bertz CT molecular complexity index is 591. The Balaban J connectivity index is 1.75. The Morgan fingerprint density at radius 3 is 2.50 bits per heavy atom. The van der Waals surface area contributed by atoms with Crippen LogP contribution in [0.3, 0.4) is 0 Å². The van der Waals surface area contributed by atoms with Gasteiger partial charge >= 0.3 is 0 Å². The van der Waals surface area contributed by atoms with Crippen molar-refractivity contribution in [2.24, 2.45) is 0 Å². The zero-order chi connectivity index (χ0) is 14.1. The number of nitrogens with zero attached hydrogens (tertiary/aromatic N) is 2. The van der Waals surface area contributed by atoms with E-state index in [1.807, 2.05) is 0 Å². The lowest BCUT2D eigenvalue weighted by atomic mass is 10.00. The first-order chi connectivity index (χ1) is 9.63. The second-order valence-corrected chi connectivity index (χ2v) is 5.75. The molecule has 1 N–H and O–H groups in total. The minimum Gasteiger partial charge on any atom is -0.421 e. The normalized spacial score (nSPS) is 14.8. The molecule has 0 saturated heterocycles. The van der Waals surface area contributed by atoms with Crippen molar-refractivity contribution in [3.8, 4) is 11.5 Å². The lowest BCUT2D eigenvalue weighted by Crippen LogP contribution is -2.19. The molecule has 106 valence electrons. The quantitative estimate of drug-likeness (QED) is 0.908. The Morgan fingerprint density at radius 2 is 1.85 bits per heavy atom. The van der Waals surface area contributed by atoms with Gasteiger partial charge in [0.15, 0.2) is 0 Å². The van der Waals surface area contributed by atoms with Crippen LogP contribution in [0.1, 0.15) is 35.4 Å². The number of aromatic nitrogens is 2. The van der Waals surface area contributed by atoms with Crippen molar-refractivity contribution in [2.45, 2.75) is 46.1 Å². The molecule has 0 spiro atoms. The van der Waals surface area contributed by atoms with Crippen LogP contribution in [0.4, 0.5) is 0 Å². The van der Waals surface area contributed by atoms with Crippen molar-refractivity contribution >= 4 is 0 Å². The summed E-state index contributed by atoms with van der Waals surface area (Å²) in [5, 5.41) is 11.8. The molecule has 20 heavy (non-hydrogen) atoms. The molecule has 4 nitrogen and oxygen atoms in total. The molecule has 1 heterocycles. The molecule has 1 aromatic carbocycles. The highest BCUT2D eigenvalue weighted by Gasteiger charge is 2.20. The van der Waals surface area contributed by atoms with Crippen molar-refractivity contribution in [3.63, 3.8) is 0 Å². The van der Waals surface area contributed by atoms with Crippen LogP contribution < -0.4 is 5.32 Å². The van der Waals surface area contributed by atoms with Gasteiger partial charge in [-0.3, -0.25) is 0 Å². The lowest BCUT2D eigenvalue weighted by molar-refractivity contribution is 0.493. The van der Waals surface area contributed by atoms with Crippen molar-refractivity contribution in [1.29, 1.82) is 0 Å². The summed E-state index contributed by atoms with van der Waals surface area (Å²) in [5.74, 6) is 1.36. The molecule has 0 atom stereocenters. The molecular formula is C16H21N3O. The van der Waals surface area contributed by atoms with Crippen molar-refractivity contribution in [1.82, 2.24) is 15.5 Å². The first-order valence-corrected chi connectivity index (χ1v) is 7.27. The second kappa shape index (κ2) is 5.37. The predicted octanol–water partition coefficient (Wildman–Crippen LogP) is 2.96. The highest BCUT2D eigenvalue weighted by Crippen LogP contribution is 2.27. The molecule has 0 unspecified atom stereocenters. The average Bonchev–Trinajstić information content (AvgIpc) is 3.07. The Morgan fingerprint density at radius 1 is 1.15 bits per heavy atom. The maximum Gasteiger partial charge on any atom is 0.248 e. The summed E-state index contributed by atoms with van der Waals surface area (Å²) in [6.07, 6.45) is 3.40. The maximum atomic E-state index is 5.81. The molecule has 1 aromatic heterocycles. The predicted molar refractivity (Wildman–Crippen MR) is 78.7 cm³/mol. The fourth-order valence-corrected chi connectivity index (χ4v) is 2.64. The van der Waals surface area contributed by atoms with E-state index < -0.39 is 0 Å². The maximum absolute atomic E-state index is 5.81. The van der Waals surface area contributed by atoms with Gasteiger partial charge in [0.1, 0.15) is 0 Å². The molecule has 1 saturated carbocycles. The van der Waals surface area contributed by atoms with Crippen LogP contribution in [0.25, 0.3) is 11.5 Å². The van der Waals surface area contributed by atoms with E-state index in [0.29, 0.717) is 11.8 Å². The number of hydrogen-bond donors (Lipinski definition) is 1. The highest BCUT2D eigenvalue weighted by atomic mass is 16.4. The Kier molecular flexibility index (Phi) is 3.57. The molecule has 1 fully saturated rings. The molecule has 1 aliphatic carbocycles. The summed E-state index contributed by atoms with van der Waals surface area (Å²) in [4.78, 5) is 0. The highest BCUT2D eigenvalue weighted by molar-refractivity contribution is 5.63. The van der Waals surface area contributed by atoms with Crippen LogP contribution in [0, 0.1) is 20.8 Å². The minimum absolute atomic E-state index is 0.640. The molecule has 1 aliphatic rings. The van der Waals surface area contributed by atoms with Gasteiger partial charge in [-0.1, -0.05) is 17.7 Å². The van der Waals surface area contributed by atoms with Gasteiger partial charge in [0.2, 0.25) is 11.8 Å². The van der Waals surface area contributed by atoms with Crippen LogP contribution in [0.2, 0.25) is 0 Å². The molecule has 0 amide bonds. The second-order valence-electron chi connectivity index (χ2n) is 5.75. The SMILES string of the molecule is Cc1cc(C)c(-c2nnc(CCNC3CC3)o2)c(C)c1. The van der Waals surface area contributed by atoms with Gasteiger partial charge in [0, 0.05) is 24.6 Å². The van der Waals surface area contributed by atoms with Gasteiger partial charge in [-0.25, -0.2) is 0 Å². The molecule has 0 aliphatic heterocycles. The van der Waals surface area contributed by atoms with Gasteiger partial charge in [-0.15, -0.1) is 10.2 Å². The standard InChI is InChI=1S/C16H21N3O/c1-10-8-11(2)15(12(3)9-10)16-19-18-14(20-16)6-7-17-13-4-5-13/h8-9,13,17H,4-7H2,1-3H3. The number of rotatable bonds is 5. The fraction of sp³-hybridized carbons (Fsp3) is 0.500. The first-order valence-electron chi connectivity index (χ1n) is 7.27. The van der Waals surface area contributed by atoms with Crippen molar-refractivity contribution in [2.75, 3.05) is 6.54 Å². The molecule has 0 radical (unpaired) electrons. The van der Waals surface area contributed by atoms with E-state index in [0.717, 1.165) is 24.6 Å². The third kappa shape index (κ3) is 2.90. The minimum atomic E-state index is 0.640. The fourth-order valence-electron chi connectivity index (χ4n) is 2.64. The molecule has 3 rings (SSSR count). The van der Waals surface area contributed by atoms with E-state index in [1.165, 1.54) is 29.5 Å². The van der Waals surface area contributed by atoms with Gasteiger partial charge in [0.05, 0.1) is 0 Å². The Labute approximate surface area is 119 Å². The summed E-state index contributed by atoms with van der Waals surface area (Å²) in [6, 6.07) is 5.03. The molecule has 4 heteroatoms. The summed E-state index contributed by atoms with van der Waals surface area (Å²) < 4.78 is 5.81. The average molecular weight is 271 g/mol. The van der Waals surface area contributed by atoms with E-state index in [4.69, 9.17) is 4.42 Å². The van der Waals surface area contributed by atoms with Crippen molar-refractivity contribution in [3.05, 3.63) is 34.7 Å². The summed E-state index contributed by atoms with van der Waals surface area (Å²) in [5.41, 5.74) is 4.71. The monoisotopic (exact) mass is 271 g/mol. The summed E-state index contributed by atoms with van der Waals surface area (Å²) >= 11 is 0. The Hall–Kier alpha value is -1.68. The molecule has 0 bridgehead atoms. The number of benzene rings is 1. The lowest BCUT2D eigenvalue weighted by Gasteiger charge is -2.07. The topological polar surface area (TPSA) is 51.0 Å². The van der Waals surface area contributed by atoms with Gasteiger partial charge < -0.3 is 9.73 Å². The van der Waals surface area contributed by atoms with E-state index in [1.54, 1.807) is 0 Å². The largest absolute Gasteiger partial charge is 0.421 e. The van der Waals surface area contributed by atoms with Crippen LogP contribution in [0.5, 0.6) is 0 Å². The number of hydrogen-bond acceptors (Lipinski definition) is 4. The van der Waals surface area contributed by atoms with E-state index in [9.17, 15) is 0 Å². The van der Waals surface area contributed by atoms with Gasteiger partial charge in [0.25, 0.3) is 0 Å². The number of nitrogens with one attached hydrogen (secondary N) is 1. The molecular weight excluding hydrogens is 250 g/mol. The van der Waals surface area contributed by atoms with Gasteiger partial charge in [-0.2, -0.15) is 0 Å². The zero-order valence-corrected chi connectivity index (χ0v) is 12.4. The first kappa shape index (κ1) is 13.3. The van der Waals surface area contributed by atoms with Crippen LogP contribution in [-0.2, 0) is 6.42 Å². The van der Waals surface area contributed by atoms with Crippen LogP contribution >= 0.6 is 0 Å². The van der Waals surface area contributed by atoms with E-state index in [2.05, 4.69) is 48.4 Å². The summed E-state index contributed by atoms with van der Waals surface area (Å²) in [6.45, 7) is 7.20. The van der Waals surface area contributed by atoms with E-state index in [-0.39, 0.29) is 0 Å². The third-order valence-corrected chi connectivity index (χ3v) is 3.71. The summed E-state index contributed by atoms with van der Waals surface area (Å²) in [7, 11) is 0. The number of aryl methyl sites for hydroxylation is 3. The van der Waals surface area contributed by atoms with Crippen LogP contribution in [0.15, 0.2) is 16.5 Å².